The van der Waals surface area contributed by atoms with Crippen molar-refractivity contribution in [3.63, 3.8) is 0 Å². The smallest absolute Gasteiger partial charge is 0.328 e. The Balaban J connectivity index is 0.000000279. The number of aliphatic imine (C=N–C) groups is 1. The maximum atomic E-state index is 9.55. The fraction of sp³-hybridized carbons (Fsp3) is 0.250. The van der Waals surface area contributed by atoms with Crippen molar-refractivity contribution in [3.8, 4) is 0 Å². The fourth-order valence-electron chi connectivity index (χ4n) is 2.77. The minimum atomic E-state index is -1.26. The van der Waals surface area contributed by atoms with E-state index in [1.165, 1.54) is 5.39 Å². The number of rotatable bonds is 5. The SMILES string of the molecule is C=CCN=C1CC(c2cc3ccccc3o2)CN1C.O=C(O)/C=C\C(=O)O. The first-order valence-electron chi connectivity index (χ1n) is 8.38. The number of amidine groups is 1. The van der Waals surface area contributed by atoms with Crippen molar-refractivity contribution in [3.05, 3.63) is 60.9 Å². The summed E-state index contributed by atoms with van der Waals surface area (Å²) >= 11 is 0. The van der Waals surface area contributed by atoms with Crippen LogP contribution >= 0.6 is 0 Å². The van der Waals surface area contributed by atoms with Gasteiger partial charge in [-0.1, -0.05) is 24.3 Å². The minimum Gasteiger partial charge on any atom is -0.478 e. The molecule has 2 heterocycles. The number of furan rings is 1. The number of carbonyl (C=O) groups is 2. The topological polar surface area (TPSA) is 103 Å². The standard InChI is InChI=1S/C16H18N2O.C4H4O4/c1-3-8-17-16-10-13(11-18(16)2)15-9-12-6-4-5-7-14(12)19-15;5-3(6)1-2-4(7)8/h3-7,9,13H,1,8,10-11H2,2H3;1-2H,(H,5,6)(H,7,8)/b;2-1-. The van der Waals surface area contributed by atoms with E-state index in [1.54, 1.807) is 0 Å². The Morgan fingerprint density at radius 3 is 2.56 bits per heavy atom. The van der Waals surface area contributed by atoms with E-state index in [0.29, 0.717) is 24.6 Å². The van der Waals surface area contributed by atoms with Crippen molar-refractivity contribution in [1.29, 1.82) is 0 Å². The molecule has 1 fully saturated rings. The first-order valence-corrected chi connectivity index (χ1v) is 8.38. The molecule has 7 heteroatoms. The van der Waals surface area contributed by atoms with Gasteiger partial charge in [-0.05, 0) is 12.1 Å². The van der Waals surface area contributed by atoms with E-state index in [-0.39, 0.29) is 0 Å². The second-order valence-electron chi connectivity index (χ2n) is 6.02. The molecule has 1 atom stereocenters. The third-order valence-electron chi connectivity index (χ3n) is 3.98. The Morgan fingerprint density at radius 2 is 1.96 bits per heavy atom. The summed E-state index contributed by atoms with van der Waals surface area (Å²) in [6.07, 6.45) is 3.89. The second-order valence-corrected chi connectivity index (χ2v) is 6.02. The Hall–Kier alpha value is -3.35. The number of nitrogens with zero attached hydrogens (tertiary/aromatic N) is 2. The van der Waals surface area contributed by atoms with E-state index >= 15 is 0 Å². The van der Waals surface area contributed by atoms with Gasteiger partial charge in [0.05, 0.1) is 12.4 Å². The van der Waals surface area contributed by atoms with Crippen LogP contribution in [0.25, 0.3) is 11.0 Å². The molecule has 0 radical (unpaired) electrons. The fourth-order valence-corrected chi connectivity index (χ4v) is 2.77. The van der Waals surface area contributed by atoms with Crippen molar-refractivity contribution in [1.82, 2.24) is 4.90 Å². The molecule has 1 aliphatic heterocycles. The van der Waals surface area contributed by atoms with Crippen LogP contribution in [0.1, 0.15) is 18.1 Å². The number of fused-ring (bicyclic) bond motifs is 1. The Kier molecular flexibility index (Phi) is 6.93. The highest BCUT2D eigenvalue weighted by atomic mass is 16.4. The molecule has 27 heavy (non-hydrogen) atoms. The van der Waals surface area contributed by atoms with Gasteiger partial charge in [0.2, 0.25) is 0 Å². The summed E-state index contributed by atoms with van der Waals surface area (Å²) in [5.41, 5.74) is 0.969. The predicted octanol–water partition coefficient (Wildman–Crippen LogP) is 3.15. The van der Waals surface area contributed by atoms with Gasteiger partial charge in [0.25, 0.3) is 0 Å². The van der Waals surface area contributed by atoms with Crippen LogP contribution in [0.15, 0.2) is 64.5 Å². The second kappa shape index (κ2) is 9.38. The number of para-hydroxylation sites is 1. The normalized spacial score (nSPS) is 17.9. The molecule has 1 saturated heterocycles. The lowest BCUT2D eigenvalue weighted by Crippen LogP contribution is -2.19. The summed E-state index contributed by atoms with van der Waals surface area (Å²) < 4.78 is 5.95. The Morgan fingerprint density at radius 1 is 1.30 bits per heavy atom. The zero-order valence-corrected chi connectivity index (χ0v) is 15.0. The van der Waals surface area contributed by atoms with Gasteiger partial charge in [-0.25, -0.2) is 9.59 Å². The van der Waals surface area contributed by atoms with E-state index in [0.717, 1.165) is 30.1 Å². The van der Waals surface area contributed by atoms with Gasteiger partial charge in [0.15, 0.2) is 0 Å². The highest BCUT2D eigenvalue weighted by Gasteiger charge is 2.28. The highest BCUT2D eigenvalue weighted by molar-refractivity contribution is 5.89. The zero-order chi connectivity index (χ0) is 19.8. The van der Waals surface area contributed by atoms with Crippen LogP contribution in [0.3, 0.4) is 0 Å². The van der Waals surface area contributed by atoms with E-state index in [2.05, 4.69) is 35.7 Å². The first kappa shape index (κ1) is 20.0. The van der Waals surface area contributed by atoms with E-state index in [9.17, 15) is 9.59 Å². The van der Waals surface area contributed by atoms with Gasteiger partial charge >= 0.3 is 11.9 Å². The monoisotopic (exact) mass is 370 g/mol. The van der Waals surface area contributed by atoms with E-state index in [4.69, 9.17) is 14.6 Å². The molecule has 1 aromatic heterocycles. The van der Waals surface area contributed by atoms with Gasteiger partial charge in [0.1, 0.15) is 11.3 Å². The molecule has 0 bridgehead atoms. The molecule has 0 amide bonds. The van der Waals surface area contributed by atoms with E-state index in [1.807, 2.05) is 24.3 Å². The molecule has 2 aromatic rings. The van der Waals surface area contributed by atoms with Gasteiger partial charge < -0.3 is 19.5 Å². The predicted molar refractivity (Wildman–Crippen MR) is 103 cm³/mol. The lowest BCUT2D eigenvalue weighted by molar-refractivity contribution is -0.134. The number of likely N-dealkylation sites (N-methyl/N-ethyl adjacent to an activating group) is 1. The summed E-state index contributed by atoms with van der Waals surface area (Å²) in [5, 5.41) is 16.8. The quantitative estimate of drug-likeness (QED) is 0.619. The number of benzene rings is 1. The molecular formula is C20H22N2O5. The molecular weight excluding hydrogens is 348 g/mol. The van der Waals surface area contributed by atoms with Crippen LogP contribution in [-0.2, 0) is 9.59 Å². The number of hydrogen-bond acceptors (Lipinski definition) is 4. The summed E-state index contributed by atoms with van der Waals surface area (Å²) in [5.74, 6) is 0.1000. The maximum absolute atomic E-state index is 9.55. The minimum absolute atomic E-state index is 0.404. The number of aliphatic carboxylic acids is 2. The largest absolute Gasteiger partial charge is 0.478 e. The van der Waals surface area contributed by atoms with Crippen molar-refractivity contribution in [2.24, 2.45) is 4.99 Å². The average Bonchev–Trinajstić information content (AvgIpc) is 3.22. The first-order chi connectivity index (χ1) is 12.9. The Labute approximate surface area is 156 Å². The number of carboxylic acid groups (broad SMARTS) is 2. The lowest BCUT2D eigenvalue weighted by atomic mass is 10.1. The van der Waals surface area contributed by atoms with Gasteiger partial charge in [-0.3, -0.25) is 4.99 Å². The van der Waals surface area contributed by atoms with Crippen LogP contribution in [0, 0.1) is 0 Å². The lowest BCUT2D eigenvalue weighted by Gasteiger charge is -2.10. The van der Waals surface area contributed by atoms with Gasteiger partial charge in [0, 0.05) is 43.5 Å². The highest BCUT2D eigenvalue weighted by Crippen LogP contribution is 2.32. The molecule has 1 unspecified atom stereocenters. The molecule has 2 N–H and O–H groups in total. The van der Waals surface area contributed by atoms with Crippen LogP contribution in [0.4, 0.5) is 0 Å². The third-order valence-corrected chi connectivity index (χ3v) is 3.98. The van der Waals surface area contributed by atoms with Gasteiger partial charge in [-0.2, -0.15) is 0 Å². The summed E-state index contributed by atoms with van der Waals surface area (Å²) in [7, 11) is 2.09. The zero-order valence-electron chi connectivity index (χ0n) is 15.0. The molecule has 1 aliphatic rings. The number of carboxylic acids is 2. The van der Waals surface area contributed by atoms with Crippen LogP contribution < -0.4 is 0 Å². The van der Waals surface area contributed by atoms with Crippen molar-refractivity contribution in [2.45, 2.75) is 12.3 Å². The molecule has 7 nitrogen and oxygen atoms in total. The summed E-state index contributed by atoms with van der Waals surface area (Å²) in [6.45, 7) is 5.36. The molecule has 1 aromatic carbocycles. The molecule has 142 valence electrons. The molecule has 0 spiro atoms. The number of likely N-dealkylation sites (tertiary alicyclic amines) is 1. The van der Waals surface area contributed by atoms with Crippen molar-refractivity contribution >= 4 is 28.7 Å². The Bertz CT molecular complexity index is 832. The molecule has 0 saturated carbocycles. The maximum Gasteiger partial charge on any atom is 0.328 e. The van der Waals surface area contributed by atoms with Crippen molar-refractivity contribution in [2.75, 3.05) is 20.1 Å². The average molecular weight is 370 g/mol. The van der Waals surface area contributed by atoms with E-state index < -0.39 is 11.9 Å². The van der Waals surface area contributed by atoms with Crippen LogP contribution in [0.5, 0.6) is 0 Å². The third kappa shape index (κ3) is 5.85. The summed E-state index contributed by atoms with van der Waals surface area (Å²) in [6, 6.07) is 10.3. The van der Waals surface area contributed by atoms with Gasteiger partial charge in [-0.15, -0.1) is 6.58 Å². The molecule has 3 rings (SSSR count). The van der Waals surface area contributed by atoms with Crippen molar-refractivity contribution < 1.29 is 24.2 Å². The number of hydrogen-bond donors (Lipinski definition) is 2. The van der Waals surface area contributed by atoms with Crippen LogP contribution in [-0.4, -0.2) is 53.0 Å². The summed E-state index contributed by atoms with van der Waals surface area (Å²) in [4.78, 5) is 25.9. The molecule has 0 aliphatic carbocycles. The van der Waals surface area contributed by atoms with Crippen LogP contribution in [0.2, 0.25) is 0 Å².